The van der Waals surface area contributed by atoms with Gasteiger partial charge in [-0.3, -0.25) is 0 Å². The molecule has 0 saturated carbocycles. The molecule has 0 unspecified atom stereocenters. The van der Waals surface area contributed by atoms with E-state index in [4.69, 9.17) is 17.3 Å². The van der Waals surface area contributed by atoms with Crippen molar-refractivity contribution in [3.8, 4) is 0 Å². The van der Waals surface area contributed by atoms with Crippen LogP contribution in [0.25, 0.3) is 0 Å². The Morgan fingerprint density at radius 3 is 2.53 bits per heavy atom. The highest BCUT2D eigenvalue weighted by Crippen LogP contribution is 2.31. The van der Waals surface area contributed by atoms with Crippen molar-refractivity contribution >= 4 is 23.4 Å². The summed E-state index contributed by atoms with van der Waals surface area (Å²) in [7, 11) is 0. The van der Waals surface area contributed by atoms with Gasteiger partial charge in [-0.15, -0.1) is 11.8 Å². The molecule has 0 aliphatic rings. The quantitative estimate of drug-likeness (QED) is 0.821. The number of benzene rings is 2. The average molecular weight is 296 g/mol. The summed E-state index contributed by atoms with van der Waals surface area (Å²) in [5.74, 6) is 0.525. The van der Waals surface area contributed by atoms with Crippen molar-refractivity contribution in [3.63, 3.8) is 0 Å². The first kappa shape index (κ1) is 14.4. The van der Waals surface area contributed by atoms with Crippen molar-refractivity contribution in [1.82, 2.24) is 0 Å². The predicted molar refractivity (Wildman–Crippen MR) is 80.0 cm³/mol. The van der Waals surface area contributed by atoms with Crippen LogP contribution in [-0.2, 0) is 5.75 Å². The van der Waals surface area contributed by atoms with E-state index >= 15 is 0 Å². The molecule has 4 heteroatoms. The lowest BCUT2D eigenvalue weighted by molar-refractivity contribution is 0.585. The largest absolute Gasteiger partial charge is 0.324 e. The van der Waals surface area contributed by atoms with Gasteiger partial charge in [0.1, 0.15) is 5.82 Å². The summed E-state index contributed by atoms with van der Waals surface area (Å²) in [6.45, 7) is 1.80. The smallest absolute Gasteiger partial charge is 0.129 e. The van der Waals surface area contributed by atoms with E-state index in [0.717, 1.165) is 21.2 Å². The molecule has 0 spiro atoms. The van der Waals surface area contributed by atoms with Crippen molar-refractivity contribution in [1.29, 1.82) is 0 Å². The standard InChI is InChI=1S/C15H15ClFNS/c1-10(18)15-13(17)3-2-4-14(15)19-9-11-5-7-12(16)8-6-11/h2-8,10H,9,18H2,1H3/t10-/m0/s1. The molecule has 2 aromatic carbocycles. The van der Waals surface area contributed by atoms with Crippen molar-refractivity contribution in [3.05, 3.63) is 64.4 Å². The minimum atomic E-state index is -0.311. The van der Waals surface area contributed by atoms with Crippen LogP contribution in [0.15, 0.2) is 47.4 Å². The molecule has 2 N–H and O–H groups in total. The second-order valence-corrected chi connectivity index (χ2v) is 5.81. The third-order valence-electron chi connectivity index (χ3n) is 2.78. The molecule has 100 valence electrons. The minimum absolute atomic E-state index is 0.240. The van der Waals surface area contributed by atoms with Crippen LogP contribution in [0.4, 0.5) is 4.39 Å². The average Bonchev–Trinajstić information content (AvgIpc) is 2.37. The highest BCUT2D eigenvalue weighted by molar-refractivity contribution is 7.98. The Hall–Kier alpha value is -1.03. The van der Waals surface area contributed by atoms with Crippen molar-refractivity contribution in [2.75, 3.05) is 0 Å². The third-order valence-corrected chi connectivity index (χ3v) is 4.17. The van der Waals surface area contributed by atoms with Gasteiger partial charge in [0.05, 0.1) is 0 Å². The number of halogens is 2. The van der Waals surface area contributed by atoms with E-state index in [9.17, 15) is 4.39 Å². The molecule has 0 saturated heterocycles. The maximum Gasteiger partial charge on any atom is 0.129 e. The Labute approximate surface area is 122 Å². The monoisotopic (exact) mass is 295 g/mol. The van der Waals surface area contributed by atoms with E-state index in [1.54, 1.807) is 24.8 Å². The molecule has 2 aromatic rings. The van der Waals surface area contributed by atoms with Crippen LogP contribution in [0.5, 0.6) is 0 Å². The second-order valence-electron chi connectivity index (χ2n) is 4.36. The Morgan fingerprint density at radius 1 is 1.21 bits per heavy atom. The van der Waals surface area contributed by atoms with Crippen LogP contribution in [0, 0.1) is 5.82 Å². The maximum atomic E-state index is 13.8. The van der Waals surface area contributed by atoms with Gasteiger partial charge in [-0.05, 0) is 36.8 Å². The molecule has 0 bridgehead atoms. The van der Waals surface area contributed by atoms with E-state index < -0.39 is 0 Å². The molecule has 0 aromatic heterocycles. The second kappa shape index (κ2) is 6.42. The van der Waals surface area contributed by atoms with Gasteiger partial charge in [-0.1, -0.05) is 29.8 Å². The van der Waals surface area contributed by atoms with Gasteiger partial charge >= 0.3 is 0 Å². The molecule has 1 nitrogen and oxygen atoms in total. The third kappa shape index (κ3) is 3.72. The maximum absolute atomic E-state index is 13.8. The fourth-order valence-electron chi connectivity index (χ4n) is 1.83. The first-order valence-electron chi connectivity index (χ1n) is 5.99. The zero-order valence-electron chi connectivity index (χ0n) is 10.6. The zero-order chi connectivity index (χ0) is 13.8. The van der Waals surface area contributed by atoms with E-state index in [1.165, 1.54) is 6.07 Å². The summed E-state index contributed by atoms with van der Waals surface area (Å²) in [6, 6.07) is 12.4. The van der Waals surface area contributed by atoms with Gasteiger partial charge in [-0.25, -0.2) is 4.39 Å². The number of thioether (sulfide) groups is 1. The highest BCUT2D eigenvalue weighted by atomic mass is 35.5. The molecule has 0 fully saturated rings. The first-order chi connectivity index (χ1) is 9.08. The van der Waals surface area contributed by atoms with Crippen molar-refractivity contribution in [2.45, 2.75) is 23.6 Å². The van der Waals surface area contributed by atoms with Crippen molar-refractivity contribution < 1.29 is 4.39 Å². The fraction of sp³-hybridized carbons (Fsp3) is 0.200. The van der Waals surface area contributed by atoms with Gasteiger partial charge in [0.2, 0.25) is 0 Å². The predicted octanol–water partition coefficient (Wildman–Crippen LogP) is 4.79. The first-order valence-corrected chi connectivity index (χ1v) is 7.35. The number of hydrogen-bond donors (Lipinski definition) is 1. The number of hydrogen-bond acceptors (Lipinski definition) is 2. The highest BCUT2D eigenvalue weighted by Gasteiger charge is 2.12. The van der Waals surface area contributed by atoms with Gasteiger partial charge < -0.3 is 5.73 Å². The SMILES string of the molecule is C[C@H](N)c1c(F)cccc1SCc1ccc(Cl)cc1. The summed E-state index contributed by atoms with van der Waals surface area (Å²) in [4.78, 5) is 0.893. The van der Waals surface area contributed by atoms with Gasteiger partial charge in [0, 0.05) is 27.3 Å². The molecule has 0 radical (unpaired) electrons. The van der Waals surface area contributed by atoms with E-state index in [2.05, 4.69) is 0 Å². The topological polar surface area (TPSA) is 26.0 Å². The van der Waals surface area contributed by atoms with Crippen LogP contribution in [0.2, 0.25) is 5.02 Å². The van der Waals surface area contributed by atoms with Crippen molar-refractivity contribution in [2.24, 2.45) is 5.73 Å². The molecule has 0 aliphatic carbocycles. The molecule has 0 aliphatic heterocycles. The lowest BCUT2D eigenvalue weighted by Gasteiger charge is -2.13. The molecule has 0 heterocycles. The van der Waals surface area contributed by atoms with E-state index in [-0.39, 0.29) is 11.9 Å². The summed E-state index contributed by atoms with van der Waals surface area (Å²) in [5.41, 5.74) is 7.57. The molecule has 1 atom stereocenters. The van der Waals surface area contributed by atoms with Crippen LogP contribution in [0.1, 0.15) is 24.1 Å². The summed E-state index contributed by atoms with van der Waals surface area (Å²) in [6.07, 6.45) is 0. The van der Waals surface area contributed by atoms with Gasteiger partial charge in [-0.2, -0.15) is 0 Å². The van der Waals surface area contributed by atoms with Crippen LogP contribution in [-0.4, -0.2) is 0 Å². The number of nitrogens with two attached hydrogens (primary N) is 1. The summed E-state index contributed by atoms with van der Waals surface area (Å²) >= 11 is 7.43. The van der Waals surface area contributed by atoms with Crippen LogP contribution in [0.3, 0.4) is 0 Å². The summed E-state index contributed by atoms with van der Waals surface area (Å²) < 4.78 is 13.8. The summed E-state index contributed by atoms with van der Waals surface area (Å²) in [5, 5.41) is 0.718. The minimum Gasteiger partial charge on any atom is -0.324 e. The lowest BCUT2D eigenvalue weighted by atomic mass is 10.1. The van der Waals surface area contributed by atoms with E-state index in [1.807, 2.05) is 30.3 Å². The molecule has 0 amide bonds. The zero-order valence-corrected chi connectivity index (χ0v) is 12.1. The van der Waals surface area contributed by atoms with Crippen LogP contribution < -0.4 is 5.73 Å². The van der Waals surface area contributed by atoms with Crippen LogP contribution >= 0.6 is 23.4 Å². The molecular formula is C15H15ClFNS. The Balaban J connectivity index is 2.15. The normalized spacial score (nSPS) is 12.4. The van der Waals surface area contributed by atoms with Gasteiger partial charge in [0.25, 0.3) is 0 Å². The number of rotatable bonds is 4. The van der Waals surface area contributed by atoms with Gasteiger partial charge in [0.15, 0.2) is 0 Å². The molecule has 2 rings (SSSR count). The lowest BCUT2D eigenvalue weighted by Crippen LogP contribution is -2.09. The van der Waals surface area contributed by atoms with E-state index in [0.29, 0.717) is 5.56 Å². The Morgan fingerprint density at radius 2 is 1.89 bits per heavy atom. The Bertz CT molecular complexity index is 555. The fourth-order valence-corrected chi connectivity index (χ4v) is 3.08. The molecule has 19 heavy (non-hydrogen) atoms. The Kier molecular flexibility index (Phi) is 4.86. The molecular weight excluding hydrogens is 281 g/mol.